The molecule has 0 aliphatic carbocycles. The molecule has 0 aliphatic rings. The van der Waals surface area contributed by atoms with Gasteiger partial charge in [-0.25, -0.2) is 0 Å². The van der Waals surface area contributed by atoms with Gasteiger partial charge in [-0.1, -0.05) is 17.3 Å². The standard InChI is InChI=1S/C13H14F3NO3/c1-9(12(18)19-2)8-20-17-7-10-3-5-11(6-4-10)13(14,15)16/h3-7,9H,8H2,1-2H3/b17-7+/t9-/m1/s1. The fraction of sp³-hybridized carbons (Fsp3) is 0.385. The maximum Gasteiger partial charge on any atom is 0.416 e. The number of benzene rings is 1. The fourth-order valence-electron chi connectivity index (χ4n) is 1.28. The third-order valence-electron chi connectivity index (χ3n) is 2.44. The molecule has 7 heteroatoms. The number of carbonyl (C=O) groups excluding carboxylic acids is 1. The molecular formula is C13H14F3NO3. The minimum atomic E-state index is -4.36. The number of oxime groups is 1. The van der Waals surface area contributed by atoms with E-state index in [1.54, 1.807) is 6.92 Å². The Balaban J connectivity index is 2.49. The van der Waals surface area contributed by atoms with E-state index < -0.39 is 23.6 Å². The Hall–Kier alpha value is -2.05. The normalized spacial score (nSPS) is 13.2. The SMILES string of the molecule is COC(=O)[C@H](C)CO/N=C/c1ccc(C(F)(F)F)cc1. The van der Waals surface area contributed by atoms with E-state index in [4.69, 9.17) is 4.84 Å². The molecule has 0 fully saturated rings. The van der Waals surface area contributed by atoms with Crippen LogP contribution in [0.2, 0.25) is 0 Å². The molecule has 1 atom stereocenters. The summed E-state index contributed by atoms with van der Waals surface area (Å²) in [6.45, 7) is 1.64. The van der Waals surface area contributed by atoms with Crippen molar-refractivity contribution in [2.24, 2.45) is 11.1 Å². The van der Waals surface area contributed by atoms with Gasteiger partial charge in [0.25, 0.3) is 0 Å². The summed E-state index contributed by atoms with van der Waals surface area (Å²) < 4.78 is 41.5. The zero-order valence-electron chi connectivity index (χ0n) is 11.0. The van der Waals surface area contributed by atoms with Crippen molar-refractivity contribution in [3.05, 3.63) is 35.4 Å². The van der Waals surface area contributed by atoms with Crippen molar-refractivity contribution in [2.75, 3.05) is 13.7 Å². The first-order valence-corrected chi connectivity index (χ1v) is 5.75. The summed E-state index contributed by atoms with van der Waals surface area (Å²) in [5.74, 6) is -0.889. The lowest BCUT2D eigenvalue weighted by atomic mass is 10.1. The summed E-state index contributed by atoms with van der Waals surface area (Å²) in [4.78, 5) is 15.9. The fourth-order valence-corrected chi connectivity index (χ4v) is 1.28. The van der Waals surface area contributed by atoms with E-state index in [9.17, 15) is 18.0 Å². The molecule has 0 spiro atoms. The first kappa shape index (κ1) is 16.0. The van der Waals surface area contributed by atoms with E-state index in [2.05, 4.69) is 9.89 Å². The average Bonchev–Trinajstić information content (AvgIpc) is 2.42. The second-order valence-electron chi connectivity index (χ2n) is 4.07. The van der Waals surface area contributed by atoms with Crippen LogP contribution in [-0.4, -0.2) is 25.9 Å². The minimum absolute atomic E-state index is 0.0316. The number of alkyl halides is 3. The van der Waals surface area contributed by atoms with Gasteiger partial charge in [-0.2, -0.15) is 13.2 Å². The van der Waals surface area contributed by atoms with Gasteiger partial charge >= 0.3 is 12.1 Å². The molecule has 1 aromatic rings. The molecule has 0 radical (unpaired) electrons. The number of esters is 1. The Morgan fingerprint density at radius 3 is 2.45 bits per heavy atom. The second-order valence-corrected chi connectivity index (χ2v) is 4.07. The van der Waals surface area contributed by atoms with Crippen molar-refractivity contribution >= 4 is 12.2 Å². The first-order valence-electron chi connectivity index (χ1n) is 5.75. The number of carbonyl (C=O) groups is 1. The molecule has 0 heterocycles. The molecule has 0 saturated heterocycles. The molecule has 0 aliphatic heterocycles. The van der Waals surface area contributed by atoms with Crippen molar-refractivity contribution < 1.29 is 27.5 Å². The van der Waals surface area contributed by atoms with Gasteiger partial charge in [0, 0.05) is 0 Å². The molecule has 1 aromatic carbocycles. The lowest BCUT2D eigenvalue weighted by molar-refractivity contribution is -0.146. The summed E-state index contributed by atoms with van der Waals surface area (Å²) in [6, 6.07) is 4.47. The lowest BCUT2D eigenvalue weighted by Gasteiger charge is -2.07. The topological polar surface area (TPSA) is 47.9 Å². The van der Waals surface area contributed by atoms with Crippen LogP contribution in [0.4, 0.5) is 13.2 Å². The van der Waals surface area contributed by atoms with Crippen molar-refractivity contribution in [3.63, 3.8) is 0 Å². The van der Waals surface area contributed by atoms with Crippen LogP contribution in [0.5, 0.6) is 0 Å². The van der Waals surface area contributed by atoms with Gasteiger partial charge in [-0.15, -0.1) is 0 Å². The van der Waals surface area contributed by atoms with Gasteiger partial charge in [-0.3, -0.25) is 4.79 Å². The number of ether oxygens (including phenoxy) is 1. The van der Waals surface area contributed by atoms with E-state index in [1.165, 1.54) is 25.5 Å². The largest absolute Gasteiger partial charge is 0.469 e. The number of methoxy groups -OCH3 is 1. The van der Waals surface area contributed by atoms with E-state index in [0.29, 0.717) is 5.56 Å². The van der Waals surface area contributed by atoms with E-state index in [1.807, 2.05) is 0 Å². The Bertz CT molecular complexity index is 469. The van der Waals surface area contributed by atoms with E-state index in [-0.39, 0.29) is 6.61 Å². The molecule has 0 saturated carbocycles. The second kappa shape index (κ2) is 6.93. The predicted octanol–water partition coefficient (Wildman–Crippen LogP) is 2.87. The summed E-state index contributed by atoms with van der Waals surface area (Å²) in [6.07, 6.45) is -3.09. The molecule has 0 unspecified atom stereocenters. The highest BCUT2D eigenvalue weighted by Crippen LogP contribution is 2.28. The van der Waals surface area contributed by atoms with Crippen LogP contribution >= 0.6 is 0 Å². The smallest absolute Gasteiger partial charge is 0.416 e. The van der Waals surface area contributed by atoms with E-state index in [0.717, 1.165) is 12.1 Å². The third kappa shape index (κ3) is 4.91. The van der Waals surface area contributed by atoms with Gasteiger partial charge in [0.05, 0.1) is 24.8 Å². The van der Waals surface area contributed by atoms with Gasteiger partial charge in [0.1, 0.15) is 6.61 Å². The Labute approximate surface area is 114 Å². The van der Waals surface area contributed by atoms with Crippen molar-refractivity contribution in [3.8, 4) is 0 Å². The molecule has 110 valence electrons. The summed E-state index contributed by atoms with van der Waals surface area (Å²) in [5.41, 5.74) is -0.265. The maximum absolute atomic E-state index is 12.3. The van der Waals surface area contributed by atoms with Crippen LogP contribution in [-0.2, 0) is 20.5 Å². The highest BCUT2D eigenvalue weighted by molar-refractivity contribution is 5.79. The quantitative estimate of drug-likeness (QED) is 0.476. The molecule has 0 aromatic heterocycles. The zero-order chi connectivity index (χ0) is 15.2. The Morgan fingerprint density at radius 1 is 1.35 bits per heavy atom. The Morgan fingerprint density at radius 2 is 1.95 bits per heavy atom. The van der Waals surface area contributed by atoms with Crippen LogP contribution in [0.1, 0.15) is 18.1 Å². The molecule has 4 nitrogen and oxygen atoms in total. The van der Waals surface area contributed by atoms with Crippen molar-refractivity contribution in [1.82, 2.24) is 0 Å². The monoisotopic (exact) mass is 289 g/mol. The Kier molecular flexibility index (Phi) is 5.54. The van der Waals surface area contributed by atoms with Crippen LogP contribution < -0.4 is 0 Å². The maximum atomic E-state index is 12.3. The number of hydrogen-bond donors (Lipinski definition) is 0. The predicted molar refractivity (Wildman–Crippen MR) is 66.2 cm³/mol. The van der Waals surface area contributed by atoms with Crippen LogP contribution in [0.3, 0.4) is 0 Å². The molecule has 0 N–H and O–H groups in total. The van der Waals surface area contributed by atoms with Crippen molar-refractivity contribution in [2.45, 2.75) is 13.1 Å². The molecular weight excluding hydrogens is 275 g/mol. The number of rotatable bonds is 5. The summed E-state index contributed by atoms with van der Waals surface area (Å²) in [5, 5.41) is 3.58. The first-order chi connectivity index (χ1) is 9.34. The summed E-state index contributed by atoms with van der Waals surface area (Å²) in [7, 11) is 1.27. The zero-order valence-corrected chi connectivity index (χ0v) is 11.0. The van der Waals surface area contributed by atoms with E-state index >= 15 is 0 Å². The molecule has 0 bridgehead atoms. The third-order valence-corrected chi connectivity index (χ3v) is 2.44. The highest BCUT2D eigenvalue weighted by Gasteiger charge is 2.29. The number of halogens is 3. The van der Waals surface area contributed by atoms with Crippen LogP contribution in [0.25, 0.3) is 0 Å². The molecule has 20 heavy (non-hydrogen) atoms. The summed E-state index contributed by atoms with van der Waals surface area (Å²) >= 11 is 0. The van der Waals surface area contributed by atoms with Gasteiger partial charge in [0.2, 0.25) is 0 Å². The minimum Gasteiger partial charge on any atom is -0.469 e. The van der Waals surface area contributed by atoms with Gasteiger partial charge in [-0.05, 0) is 24.6 Å². The van der Waals surface area contributed by atoms with Gasteiger partial charge in [0.15, 0.2) is 0 Å². The van der Waals surface area contributed by atoms with Crippen LogP contribution in [0.15, 0.2) is 29.4 Å². The average molecular weight is 289 g/mol. The number of hydrogen-bond acceptors (Lipinski definition) is 4. The molecule has 0 amide bonds. The highest BCUT2D eigenvalue weighted by atomic mass is 19.4. The van der Waals surface area contributed by atoms with Gasteiger partial charge < -0.3 is 9.57 Å². The lowest BCUT2D eigenvalue weighted by Crippen LogP contribution is -2.17. The van der Waals surface area contributed by atoms with Crippen LogP contribution in [0, 0.1) is 5.92 Å². The molecule has 1 rings (SSSR count). The number of nitrogens with zero attached hydrogens (tertiary/aromatic N) is 1. The van der Waals surface area contributed by atoms with Crippen molar-refractivity contribution in [1.29, 1.82) is 0 Å².